The van der Waals surface area contributed by atoms with Gasteiger partial charge < -0.3 is 0 Å². The maximum atomic E-state index is 3.62. The molecule has 0 heterocycles. The van der Waals surface area contributed by atoms with Gasteiger partial charge in [-0.2, -0.15) is 0 Å². The number of rotatable bonds is 2. The zero-order valence-electron chi connectivity index (χ0n) is 15.2. The molecular formula is C25H28. The first-order valence-corrected chi connectivity index (χ1v) is 10.4. The second-order valence-corrected chi connectivity index (χ2v) is 8.47. The van der Waals surface area contributed by atoms with Crippen molar-refractivity contribution in [2.75, 3.05) is 0 Å². The highest BCUT2D eigenvalue weighted by atomic mass is 14.6. The molecule has 3 aliphatic carbocycles. The Labute approximate surface area is 152 Å². The highest BCUT2D eigenvalue weighted by Gasteiger charge is 2.52. The molecule has 0 N–H and O–H groups in total. The first-order chi connectivity index (χ1) is 12.4. The number of fused-ring (bicyclic) bond motifs is 3. The molecule has 0 heteroatoms. The van der Waals surface area contributed by atoms with Crippen LogP contribution in [0.3, 0.4) is 0 Å². The lowest BCUT2D eigenvalue weighted by molar-refractivity contribution is 0.137. The fourth-order valence-electron chi connectivity index (χ4n) is 6.48. The van der Waals surface area contributed by atoms with Gasteiger partial charge in [-0.25, -0.2) is 0 Å². The van der Waals surface area contributed by atoms with Gasteiger partial charge in [0, 0.05) is 5.41 Å². The Hall–Kier alpha value is -1.56. The van der Waals surface area contributed by atoms with Crippen molar-refractivity contribution in [3.05, 3.63) is 59.7 Å². The van der Waals surface area contributed by atoms with Gasteiger partial charge in [0.1, 0.15) is 0 Å². The van der Waals surface area contributed by atoms with E-state index < -0.39 is 0 Å². The van der Waals surface area contributed by atoms with Crippen molar-refractivity contribution in [3.63, 3.8) is 0 Å². The molecule has 0 atom stereocenters. The lowest BCUT2D eigenvalue weighted by Gasteiger charge is -2.48. The van der Waals surface area contributed by atoms with Crippen molar-refractivity contribution in [1.29, 1.82) is 0 Å². The van der Waals surface area contributed by atoms with Crippen LogP contribution in [0.4, 0.5) is 0 Å². The molecule has 2 fully saturated rings. The predicted molar refractivity (Wildman–Crippen MR) is 103 cm³/mol. The normalized spacial score (nSPS) is 23.2. The summed E-state index contributed by atoms with van der Waals surface area (Å²) in [6.45, 7) is 0. The average Bonchev–Trinajstić information content (AvgIpc) is 3.01. The van der Waals surface area contributed by atoms with Gasteiger partial charge in [0.15, 0.2) is 0 Å². The molecule has 0 aromatic heterocycles. The van der Waals surface area contributed by atoms with Crippen LogP contribution < -0.4 is 0 Å². The van der Waals surface area contributed by atoms with Crippen LogP contribution in [0, 0.1) is 24.0 Å². The fraction of sp³-hybridized carbons (Fsp3) is 0.520. The molecule has 0 aliphatic heterocycles. The van der Waals surface area contributed by atoms with Gasteiger partial charge in [-0.3, -0.25) is 0 Å². The number of hydrogen-bond acceptors (Lipinski definition) is 0. The summed E-state index contributed by atoms with van der Waals surface area (Å²) in [6.07, 6.45) is 14.1. The largest absolute Gasteiger partial charge is 0.0613 e. The minimum absolute atomic E-state index is 0.248. The molecule has 0 unspecified atom stereocenters. The van der Waals surface area contributed by atoms with Crippen LogP contribution in [0.15, 0.2) is 36.4 Å². The molecule has 128 valence electrons. The summed E-state index contributed by atoms with van der Waals surface area (Å²) in [7, 11) is 0. The molecule has 0 amide bonds. The summed E-state index contributed by atoms with van der Waals surface area (Å²) in [6, 6.07) is 20.6. The Bertz CT molecular complexity index is 679. The minimum Gasteiger partial charge on any atom is -0.0613 e. The Morgan fingerprint density at radius 2 is 1.44 bits per heavy atom. The molecule has 5 rings (SSSR count). The van der Waals surface area contributed by atoms with E-state index in [1.807, 2.05) is 0 Å². The maximum Gasteiger partial charge on any atom is 0.0271 e. The molecule has 0 saturated heterocycles. The smallest absolute Gasteiger partial charge is 0.0271 e. The molecule has 2 aromatic carbocycles. The Kier molecular flexibility index (Phi) is 3.95. The Morgan fingerprint density at radius 3 is 2.12 bits per heavy atom. The zero-order valence-corrected chi connectivity index (χ0v) is 15.2. The minimum atomic E-state index is 0.248. The van der Waals surface area contributed by atoms with Crippen molar-refractivity contribution < 1.29 is 0 Å². The zero-order chi connectivity index (χ0) is 16.7. The van der Waals surface area contributed by atoms with Gasteiger partial charge in [-0.05, 0) is 78.0 Å². The third kappa shape index (κ3) is 2.26. The molecule has 25 heavy (non-hydrogen) atoms. The summed E-state index contributed by atoms with van der Waals surface area (Å²) >= 11 is 0. The monoisotopic (exact) mass is 328 g/mol. The van der Waals surface area contributed by atoms with Gasteiger partial charge in [0.2, 0.25) is 0 Å². The van der Waals surface area contributed by atoms with Crippen LogP contribution in [0.1, 0.15) is 75.3 Å². The molecule has 2 aromatic rings. The van der Waals surface area contributed by atoms with Gasteiger partial charge in [-0.15, -0.1) is 0 Å². The second kappa shape index (κ2) is 6.31. The lowest BCUT2D eigenvalue weighted by Crippen LogP contribution is -2.44. The lowest BCUT2D eigenvalue weighted by atomic mass is 9.55. The molecular weight excluding hydrogens is 300 g/mol. The topological polar surface area (TPSA) is 0 Å². The van der Waals surface area contributed by atoms with Crippen LogP contribution in [0.5, 0.6) is 0 Å². The van der Waals surface area contributed by atoms with Gasteiger partial charge in [0.05, 0.1) is 0 Å². The SMILES string of the molecule is [c]1ccc2c(c1)-c1[c]cccc1C2(C1CCCCC1)C1CCCCC1. The third-order valence-corrected chi connectivity index (χ3v) is 7.38. The van der Waals surface area contributed by atoms with E-state index in [1.165, 1.54) is 75.3 Å². The second-order valence-electron chi connectivity index (χ2n) is 8.47. The summed E-state index contributed by atoms with van der Waals surface area (Å²) < 4.78 is 0. The van der Waals surface area contributed by atoms with Crippen molar-refractivity contribution in [3.8, 4) is 11.1 Å². The van der Waals surface area contributed by atoms with E-state index in [4.69, 9.17) is 0 Å². The third-order valence-electron chi connectivity index (χ3n) is 7.38. The van der Waals surface area contributed by atoms with E-state index in [-0.39, 0.29) is 5.41 Å². The first kappa shape index (κ1) is 15.7. The van der Waals surface area contributed by atoms with Crippen LogP contribution in [0.25, 0.3) is 11.1 Å². The van der Waals surface area contributed by atoms with Gasteiger partial charge in [0.25, 0.3) is 0 Å². The van der Waals surface area contributed by atoms with Crippen molar-refractivity contribution in [2.24, 2.45) is 11.8 Å². The van der Waals surface area contributed by atoms with E-state index in [0.29, 0.717) is 0 Å². The van der Waals surface area contributed by atoms with E-state index in [2.05, 4.69) is 48.5 Å². The Morgan fingerprint density at radius 1 is 0.760 bits per heavy atom. The van der Waals surface area contributed by atoms with E-state index in [1.54, 1.807) is 11.1 Å². The van der Waals surface area contributed by atoms with E-state index in [9.17, 15) is 0 Å². The first-order valence-electron chi connectivity index (χ1n) is 10.4. The van der Waals surface area contributed by atoms with Gasteiger partial charge in [-0.1, -0.05) is 68.9 Å². The molecule has 0 nitrogen and oxygen atoms in total. The Balaban J connectivity index is 1.76. The fourth-order valence-corrected chi connectivity index (χ4v) is 6.48. The number of benzene rings is 2. The molecule has 3 aliphatic rings. The molecule has 0 bridgehead atoms. The average molecular weight is 328 g/mol. The van der Waals surface area contributed by atoms with Crippen LogP contribution >= 0.6 is 0 Å². The predicted octanol–water partition coefficient (Wildman–Crippen LogP) is 6.71. The molecule has 2 radical (unpaired) electrons. The maximum absolute atomic E-state index is 3.62. The number of hydrogen-bond donors (Lipinski definition) is 0. The van der Waals surface area contributed by atoms with E-state index in [0.717, 1.165) is 11.8 Å². The molecule has 2 saturated carbocycles. The quantitative estimate of drug-likeness (QED) is 0.574. The van der Waals surface area contributed by atoms with Gasteiger partial charge >= 0.3 is 0 Å². The van der Waals surface area contributed by atoms with Crippen LogP contribution in [-0.2, 0) is 5.41 Å². The van der Waals surface area contributed by atoms with Crippen LogP contribution in [-0.4, -0.2) is 0 Å². The molecule has 0 spiro atoms. The van der Waals surface area contributed by atoms with Crippen LogP contribution in [0.2, 0.25) is 0 Å². The standard InChI is InChI=1S/C25H28/c1-3-11-19(12-4-1)25(20-13-5-2-6-14-20)23-17-9-7-15-21(23)22-16-8-10-18-24(22)25/h7,9-10,16-20H,1-6,11-14H2. The van der Waals surface area contributed by atoms with Crippen molar-refractivity contribution in [1.82, 2.24) is 0 Å². The van der Waals surface area contributed by atoms with Crippen molar-refractivity contribution in [2.45, 2.75) is 69.6 Å². The van der Waals surface area contributed by atoms with Crippen molar-refractivity contribution >= 4 is 0 Å². The highest BCUT2D eigenvalue weighted by Crippen LogP contribution is 2.61. The summed E-state index contributed by atoms with van der Waals surface area (Å²) in [5.74, 6) is 1.62. The summed E-state index contributed by atoms with van der Waals surface area (Å²) in [4.78, 5) is 0. The highest BCUT2D eigenvalue weighted by molar-refractivity contribution is 5.81. The summed E-state index contributed by atoms with van der Waals surface area (Å²) in [5.41, 5.74) is 6.27. The van der Waals surface area contributed by atoms with E-state index >= 15 is 0 Å². The summed E-state index contributed by atoms with van der Waals surface area (Å²) in [5, 5.41) is 0.